The Hall–Kier alpha value is -2.78. The topological polar surface area (TPSA) is 78.9 Å². The van der Waals surface area contributed by atoms with Gasteiger partial charge in [-0.2, -0.15) is 5.26 Å². The van der Waals surface area contributed by atoms with Crippen LogP contribution < -0.4 is 5.32 Å². The van der Waals surface area contributed by atoms with Gasteiger partial charge in [0.2, 0.25) is 11.8 Å². The SMILES string of the molecule is CCc1ccc2oc(-c3cccc(NC(=O)CSC#N)c3C)nc2c1. The average molecular weight is 351 g/mol. The number of amides is 1. The summed E-state index contributed by atoms with van der Waals surface area (Å²) in [6.07, 6.45) is 0.944. The van der Waals surface area contributed by atoms with E-state index < -0.39 is 0 Å². The van der Waals surface area contributed by atoms with Gasteiger partial charge in [-0.25, -0.2) is 4.98 Å². The number of thiocyanates is 1. The van der Waals surface area contributed by atoms with Gasteiger partial charge in [0.1, 0.15) is 10.9 Å². The van der Waals surface area contributed by atoms with Crippen molar-refractivity contribution in [2.75, 3.05) is 11.1 Å². The molecule has 1 N–H and O–H groups in total. The number of carbonyl (C=O) groups excluding carboxylic acids is 1. The van der Waals surface area contributed by atoms with E-state index in [1.165, 1.54) is 5.56 Å². The van der Waals surface area contributed by atoms with Gasteiger partial charge in [-0.3, -0.25) is 4.79 Å². The number of nitriles is 1. The third-order valence-corrected chi connectivity index (χ3v) is 4.50. The minimum Gasteiger partial charge on any atom is -0.436 e. The third-order valence-electron chi connectivity index (χ3n) is 3.97. The van der Waals surface area contributed by atoms with Gasteiger partial charge in [0.25, 0.3) is 0 Å². The number of oxazole rings is 1. The smallest absolute Gasteiger partial charge is 0.235 e. The first-order chi connectivity index (χ1) is 12.1. The summed E-state index contributed by atoms with van der Waals surface area (Å²) >= 11 is 0.911. The molecule has 0 saturated heterocycles. The van der Waals surface area contributed by atoms with E-state index in [1.807, 2.05) is 48.7 Å². The number of anilines is 1. The van der Waals surface area contributed by atoms with Crippen molar-refractivity contribution < 1.29 is 9.21 Å². The van der Waals surface area contributed by atoms with Crippen LogP contribution in [0.25, 0.3) is 22.6 Å². The lowest BCUT2D eigenvalue weighted by Crippen LogP contribution is -2.14. The van der Waals surface area contributed by atoms with Crippen LogP contribution in [0, 0.1) is 17.6 Å². The van der Waals surface area contributed by atoms with Gasteiger partial charge in [0.05, 0.1) is 5.75 Å². The van der Waals surface area contributed by atoms with E-state index in [0.29, 0.717) is 11.6 Å². The quantitative estimate of drug-likeness (QED) is 0.684. The number of aromatic nitrogens is 1. The molecule has 126 valence electrons. The molecule has 3 rings (SSSR count). The van der Waals surface area contributed by atoms with Crippen LogP contribution in [0.2, 0.25) is 0 Å². The van der Waals surface area contributed by atoms with Crippen LogP contribution in [-0.4, -0.2) is 16.6 Å². The molecule has 0 aliphatic carbocycles. The molecule has 0 aliphatic heterocycles. The minimum atomic E-state index is -0.211. The summed E-state index contributed by atoms with van der Waals surface area (Å²) in [7, 11) is 0. The van der Waals surface area contributed by atoms with Gasteiger partial charge in [-0.1, -0.05) is 19.1 Å². The van der Waals surface area contributed by atoms with Gasteiger partial charge in [0.15, 0.2) is 5.58 Å². The lowest BCUT2D eigenvalue weighted by molar-refractivity contribution is -0.113. The van der Waals surface area contributed by atoms with Crippen LogP contribution in [0.1, 0.15) is 18.1 Å². The second-order valence-corrected chi connectivity index (χ2v) is 6.34. The van der Waals surface area contributed by atoms with Crippen LogP contribution in [-0.2, 0) is 11.2 Å². The van der Waals surface area contributed by atoms with Gasteiger partial charge in [-0.05, 0) is 60.5 Å². The molecule has 5 nitrogen and oxygen atoms in total. The van der Waals surface area contributed by atoms with E-state index in [9.17, 15) is 4.79 Å². The summed E-state index contributed by atoms with van der Waals surface area (Å²) in [5.74, 6) is 0.420. The number of benzene rings is 2. The number of thioether (sulfide) groups is 1. The Morgan fingerprint density at radius 2 is 2.20 bits per heavy atom. The number of hydrogen-bond acceptors (Lipinski definition) is 5. The fourth-order valence-corrected chi connectivity index (χ4v) is 2.86. The van der Waals surface area contributed by atoms with Crippen molar-refractivity contribution in [1.29, 1.82) is 5.26 Å². The Labute approximate surface area is 150 Å². The number of rotatable bonds is 5. The number of hydrogen-bond donors (Lipinski definition) is 1. The summed E-state index contributed by atoms with van der Waals surface area (Å²) in [4.78, 5) is 16.5. The highest BCUT2D eigenvalue weighted by Crippen LogP contribution is 2.31. The van der Waals surface area contributed by atoms with E-state index in [0.717, 1.165) is 40.4 Å². The molecule has 0 bridgehead atoms. The highest BCUT2D eigenvalue weighted by molar-refractivity contribution is 8.04. The molecule has 0 atom stereocenters. The lowest BCUT2D eigenvalue weighted by Gasteiger charge is -2.10. The fraction of sp³-hybridized carbons (Fsp3) is 0.211. The molecule has 0 saturated carbocycles. The van der Waals surface area contributed by atoms with Crippen molar-refractivity contribution in [1.82, 2.24) is 4.98 Å². The first-order valence-corrected chi connectivity index (χ1v) is 8.91. The molecule has 0 spiro atoms. The first kappa shape index (κ1) is 17.1. The average Bonchev–Trinajstić information content (AvgIpc) is 3.04. The summed E-state index contributed by atoms with van der Waals surface area (Å²) in [6.45, 7) is 4.01. The Balaban J connectivity index is 1.94. The summed E-state index contributed by atoms with van der Waals surface area (Å²) < 4.78 is 5.89. The van der Waals surface area contributed by atoms with E-state index in [1.54, 1.807) is 0 Å². The van der Waals surface area contributed by atoms with E-state index in [4.69, 9.17) is 9.68 Å². The van der Waals surface area contributed by atoms with Crippen LogP contribution in [0.4, 0.5) is 5.69 Å². The standard InChI is InChI=1S/C19H17N3O2S/c1-3-13-7-8-17-16(9-13)22-19(24-17)14-5-4-6-15(12(14)2)21-18(23)10-25-11-20/h4-9H,3,10H2,1-2H3,(H,21,23). The lowest BCUT2D eigenvalue weighted by atomic mass is 10.1. The van der Waals surface area contributed by atoms with Crippen LogP contribution in [0.3, 0.4) is 0 Å². The maximum Gasteiger partial charge on any atom is 0.235 e. The Bertz CT molecular complexity index is 972. The molecule has 0 fully saturated rings. The summed E-state index contributed by atoms with van der Waals surface area (Å²) in [5, 5.41) is 13.3. The Kier molecular flexibility index (Phi) is 5.05. The fourth-order valence-electron chi connectivity index (χ4n) is 2.59. The highest BCUT2D eigenvalue weighted by Gasteiger charge is 2.14. The molecule has 0 radical (unpaired) electrons. The molecule has 0 aliphatic rings. The van der Waals surface area contributed by atoms with E-state index >= 15 is 0 Å². The van der Waals surface area contributed by atoms with Crippen molar-refractivity contribution in [3.05, 3.63) is 47.5 Å². The highest BCUT2D eigenvalue weighted by atomic mass is 32.2. The molecule has 1 heterocycles. The van der Waals surface area contributed by atoms with Crippen LogP contribution >= 0.6 is 11.8 Å². The molecule has 0 unspecified atom stereocenters. The maximum atomic E-state index is 11.9. The molecule has 25 heavy (non-hydrogen) atoms. The summed E-state index contributed by atoms with van der Waals surface area (Å²) in [6, 6.07) is 11.6. The zero-order chi connectivity index (χ0) is 17.8. The molecule has 1 amide bonds. The van der Waals surface area contributed by atoms with Crippen molar-refractivity contribution >= 4 is 34.5 Å². The minimum absolute atomic E-state index is 0.100. The van der Waals surface area contributed by atoms with E-state index in [2.05, 4.69) is 17.2 Å². The van der Waals surface area contributed by atoms with Crippen molar-refractivity contribution in [3.8, 4) is 16.9 Å². The molecular weight excluding hydrogens is 334 g/mol. The molecule has 6 heteroatoms. The van der Waals surface area contributed by atoms with Crippen LogP contribution in [0.5, 0.6) is 0 Å². The van der Waals surface area contributed by atoms with Crippen molar-refractivity contribution in [2.24, 2.45) is 0 Å². The van der Waals surface area contributed by atoms with E-state index in [-0.39, 0.29) is 11.7 Å². The Morgan fingerprint density at radius 3 is 2.96 bits per heavy atom. The number of nitrogens with zero attached hydrogens (tertiary/aromatic N) is 2. The second kappa shape index (κ2) is 7.41. The largest absolute Gasteiger partial charge is 0.436 e. The molecule has 2 aromatic carbocycles. The number of aryl methyl sites for hydroxylation is 1. The number of nitrogens with one attached hydrogen (secondary N) is 1. The number of fused-ring (bicyclic) bond motifs is 1. The second-order valence-electron chi connectivity index (χ2n) is 5.58. The Morgan fingerprint density at radius 1 is 1.36 bits per heavy atom. The normalized spacial score (nSPS) is 10.6. The predicted octanol–water partition coefficient (Wildman–Crippen LogP) is 4.52. The predicted molar refractivity (Wildman–Crippen MR) is 100 cm³/mol. The van der Waals surface area contributed by atoms with Gasteiger partial charge >= 0.3 is 0 Å². The first-order valence-electron chi connectivity index (χ1n) is 7.92. The third kappa shape index (κ3) is 3.67. The molecule has 3 aromatic rings. The molecular formula is C19H17N3O2S. The van der Waals surface area contributed by atoms with Crippen molar-refractivity contribution in [2.45, 2.75) is 20.3 Å². The van der Waals surface area contributed by atoms with Crippen molar-refractivity contribution in [3.63, 3.8) is 0 Å². The molecule has 1 aromatic heterocycles. The summed E-state index contributed by atoms with van der Waals surface area (Å²) in [5.41, 5.74) is 5.18. The maximum absolute atomic E-state index is 11.9. The zero-order valence-corrected chi connectivity index (χ0v) is 14.8. The van der Waals surface area contributed by atoms with Crippen LogP contribution in [0.15, 0.2) is 40.8 Å². The van der Waals surface area contributed by atoms with Gasteiger partial charge in [-0.15, -0.1) is 0 Å². The number of carbonyl (C=O) groups is 1. The van der Waals surface area contributed by atoms with Gasteiger partial charge < -0.3 is 9.73 Å². The zero-order valence-electron chi connectivity index (χ0n) is 14.0. The van der Waals surface area contributed by atoms with Gasteiger partial charge in [0, 0.05) is 11.3 Å². The monoisotopic (exact) mass is 351 g/mol.